The van der Waals surface area contributed by atoms with Crippen LogP contribution in [0, 0.1) is 17.0 Å². The van der Waals surface area contributed by atoms with Gasteiger partial charge in [-0.1, -0.05) is 59.5 Å². The summed E-state index contributed by atoms with van der Waals surface area (Å²) in [5.74, 6) is -0.455. The van der Waals surface area contributed by atoms with Gasteiger partial charge in [-0.15, -0.1) is 10.2 Å². The van der Waals surface area contributed by atoms with Crippen molar-refractivity contribution in [3.63, 3.8) is 0 Å². The molecule has 10 nitrogen and oxygen atoms in total. The van der Waals surface area contributed by atoms with Crippen molar-refractivity contribution in [1.82, 2.24) is 10.2 Å². The Bertz CT molecular complexity index is 1120. The molecule has 0 aliphatic rings. The lowest BCUT2D eigenvalue weighted by molar-refractivity contribution is -0.384. The number of amides is 2. The summed E-state index contributed by atoms with van der Waals surface area (Å²) in [5.41, 5.74) is 1.31. The van der Waals surface area contributed by atoms with Crippen LogP contribution in [-0.2, 0) is 9.53 Å². The Labute approximate surface area is 191 Å². The van der Waals surface area contributed by atoms with Gasteiger partial charge in [0.15, 0.2) is 4.34 Å². The van der Waals surface area contributed by atoms with Gasteiger partial charge in [-0.3, -0.25) is 20.2 Å². The lowest BCUT2D eigenvalue weighted by Gasteiger charge is -2.15. The average Bonchev–Trinajstić information content (AvgIpc) is 3.20. The van der Waals surface area contributed by atoms with Crippen LogP contribution in [0.2, 0.25) is 0 Å². The van der Waals surface area contributed by atoms with Gasteiger partial charge in [0.2, 0.25) is 11.0 Å². The molecule has 2 N–H and O–H groups in total. The summed E-state index contributed by atoms with van der Waals surface area (Å²) in [7, 11) is 0. The molecule has 3 aromatic rings. The minimum atomic E-state index is -0.763. The van der Waals surface area contributed by atoms with E-state index in [4.69, 9.17) is 4.74 Å². The first-order chi connectivity index (χ1) is 15.4. The first-order valence-corrected chi connectivity index (χ1v) is 11.1. The van der Waals surface area contributed by atoms with Crippen LogP contribution in [0.5, 0.6) is 0 Å². The van der Waals surface area contributed by atoms with E-state index in [2.05, 4.69) is 20.8 Å². The smallest absolute Gasteiger partial charge is 0.413 e. The molecule has 2 aromatic carbocycles. The fourth-order valence-corrected chi connectivity index (χ4v) is 4.59. The summed E-state index contributed by atoms with van der Waals surface area (Å²) in [6.45, 7) is 3.63. The Morgan fingerprint density at radius 3 is 2.62 bits per heavy atom. The topological polar surface area (TPSA) is 136 Å². The Balaban J connectivity index is 1.83. The number of carbonyl (C=O) groups is 2. The largest absolute Gasteiger partial charge is 0.450 e. The Hall–Kier alpha value is -3.51. The number of hydrogen-bond acceptors (Lipinski definition) is 9. The number of nitrogens with one attached hydrogen (secondary N) is 2. The van der Waals surface area contributed by atoms with Gasteiger partial charge >= 0.3 is 6.09 Å². The lowest BCUT2D eigenvalue weighted by Crippen LogP contribution is -2.19. The van der Waals surface area contributed by atoms with E-state index in [1.165, 1.54) is 12.1 Å². The molecule has 1 atom stereocenters. The van der Waals surface area contributed by atoms with Gasteiger partial charge < -0.3 is 10.1 Å². The van der Waals surface area contributed by atoms with E-state index in [1.807, 2.05) is 6.07 Å². The molecule has 0 radical (unpaired) electrons. The molecule has 0 saturated heterocycles. The molecule has 12 heteroatoms. The monoisotopic (exact) mass is 473 g/mol. The van der Waals surface area contributed by atoms with Gasteiger partial charge in [-0.25, -0.2) is 4.79 Å². The van der Waals surface area contributed by atoms with Crippen LogP contribution in [-0.4, -0.2) is 33.7 Å². The molecule has 2 amide bonds. The molecule has 0 aliphatic heterocycles. The predicted molar refractivity (Wildman–Crippen MR) is 122 cm³/mol. The van der Waals surface area contributed by atoms with Crippen molar-refractivity contribution < 1.29 is 19.2 Å². The minimum absolute atomic E-state index is 0.106. The molecule has 166 valence electrons. The van der Waals surface area contributed by atoms with Crippen LogP contribution in [0.3, 0.4) is 0 Å². The first kappa shape index (κ1) is 23.2. The number of carbonyl (C=O) groups excluding carboxylic acids is 2. The third kappa shape index (κ3) is 6.02. The van der Waals surface area contributed by atoms with Crippen molar-refractivity contribution in [2.45, 2.75) is 23.4 Å². The van der Waals surface area contributed by atoms with E-state index in [9.17, 15) is 19.7 Å². The number of aryl methyl sites for hydroxylation is 1. The zero-order chi connectivity index (χ0) is 23.1. The highest BCUT2D eigenvalue weighted by molar-refractivity contribution is 8.02. The Morgan fingerprint density at radius 2 is 1.94 bits per heavy atom. The maximum atomic E-state index is 13.2. The highest BCUT2D eigenvalue weighted by Gasteiger charge is 2.26. The summed E-state index contributed by atoms with van der Waals surface area (Å²) < 4.78 is 5.24. The van der Waals surface area contributed by atoms with E-state index >= 15 is 0 Å². The van der Waals surface area contributed by atoms with Gasteiger partial charge in [0.25, 0.3) is 5.69 Å². The zero-order valence-corrected chi connectivity index (χ0v) is 18.7. The Kier molecular flexibility index (Phi) is 7.73. The standard InChI is InChI=1S/C20H19N5O5S2/c1-3-30-19(27)22-18-23-24-20(32-18)31-16(13-7-5-4-6-8-13)17(26)21-14-10-9-12(2)11-15(14)25(28)29/h4-11,16H,3H2,1-2H3,(H,21,26)(H,22,23,27). The van der Waals surface area contributed by atoms with Crippen molar-refractivity contribution in [2.24, 2.45) is 0 Å². The third-order valence-corrected chi connectivity index (χ3v) is 6.24. The lowest BCUT2D eigenvalue weighted by atomic mass is 10.1. The van der Waals surface area contributed by atoms with Crippen molar-refractivity contribution >= 4 is 51.6 Å². The third-order valence-electron chi connectivity index (χ3n) is 4.06. The van der Waals surface area contributed by atoms with Gasteiger partial charge in [0.05, 0.1) is 11.5 Å². The predicted octanol–water partition coefficient (Wildman–Crippen LogP) is 4.80. The molecule has 0 aliphatic carbocycles. The van der Waals surface area contributed by atoms with E-state index < -0.39 is 22.2 Å². The second-order valence-electron chi connectivity index (χ2n) is 6.39. The fraction of sp³-hybridized carbons (Fsp3) is 0.200. The van der Waals surface area contributed by atoms with Crippen LogP contribution in [0.4, 0.5) is 21.3 Å². The number of aromatic nitrogens is 2. The van der Waals surface area contributed by atoms with Crippen molar-refractivity contribution in [3.8, 4) is 0 Å². The number of rotatable bonds is 8. The molecule has 3 rings (SSSR count). The maximum Gasteiger partial charge on any atom is 0.413 e. The fourth-order valence-electron chi connectivity index (χ4n) is 2.66. The van der Waals surface area contributed by atoms with Crippen molar-refractivity contribution in [2.75, 3.05) is 17.2 Å². The second kappa shape index (κ2) is 10.7. The normalized spacial score (nSPS) is 11.4. The second-order valence-corrected chi connectivity index (χ2v) is 8.72. The summed E-state index contributed by atoms with van der Waals surface area (Å²) in [5, 5.41) is 23.9. The quantitative estimate of drug-likeness (QED) is 0.206. The SMILES string of the molecule is CCOC(=O)Nc1nnc(SC(C(=O)Nc2ccc(C)cc2[N+](=O)[O-])c2ccccc2)s1. The average molecular weight is 474 g/mol. The molecule has 1 heterocycles. The first-order valence-electron chi connectivity index (χ1n) is 9.42. The number of nitro groups is 1. The number of nitro benzene ring substituents is 1. The maximum absolute atomic E-state index is 13.2. The van der Waals surface area contributed by atoms with Crippen molar-refractivity contribution in [1.29, 1.82) is 0 Å². The highest BCUT2D eigenvalue weighted by Crippen LogP contribution is 2.39. The Morgan fingerprint density at radius 1 is 1.19 bits per heavy atom. The molecule has 0 bridgehead atoms. The molecule has 32 heavy (non-hydrogen) atoms. The molecule has 1 unspecified atom stereocenters. The summed E-state index contributed by atoms with van der Waals surface area (Å²) in [6.07, 6.45) is -0.649. The van der Waals surface area contributed by atoms with Crippen molar-refractivity contribution in [3.05, 3.63) is 69.8 Å². The molecule has 0 spiro atoms. The van der Waals surface area contributed by atoms with Gasteiger partial charge in [-0.2, -0.15) is 0 Å². The number of hydrogen-bond donors (Lipinski definition) is 2. The van der Waals surface area contributed by atoms with Crippen LogP contribution < -0.4 is 10.6 Å². The van der Waals surface area contributed by atoms with Gasteiger partial charge in [0.1, 0.15) is 10.9 Å². The van der Waals surface area contributed by atoms with E-state index in [0.717, 1.165) is 23.1 Å². The van der Waals surface area contributed by atoms with Gasteiger partial charge in [0, 0.05) is 6.07 Å². The number of ether oxygens (including phenoxy) is 1. The molecule has 0 saturated carbocycles. The molecule has 1 aromatic heterocycles. The summed E-state index contributed by atoms with van der Waals surface area (Å²) in [4.78, 5) is 35.6. The number of anilines is 2. The van der Waals surface area contributed by atoms with E-state index in [0.29, 0.717) is 15.5 Å². The van der Waals surface area contributed by atoms with E-state index in [-0.39, 0.29) is 23.1 Å². The zero-order valence-electron chi connectivity index (χ0n) is 17.1. The number of thioether (sulfide) groups is 1. The molecule has 0 fully saturated rings. The molecular weight excluding hydrogens is 454 g/mol. The van der Waals surface area contributed by atoms with Crippen LogP contribution >= 0.6 is 23.1 Å². The minimum Gasteiger partial charge on any atom is -0.450 e. The summed E-state index contributed by atoms with van der Waals surface area (Å²) in [6, 6.07) is 13.5. The van der Waals surface area contributed by atoms with Crippen LogP contribution in [0.25, 0.3) is 0 Å². The van der Waals surface area contributed by atoms with E-state index in [1.54, 1.807) is 44.2 Å². The van der Waals surface area contributed by atoms with Crippen LogP contribution in [0.1, 0.15) is 23.3 Å². The van der Waals surface area contributed by atoms with Crippen LogP contribution in [0.15, 0.2) is 52.9 Å². The van der Waals surface area contributed by atoms with Gasteiger partial charge in [-0.05, 0) is 31.0 Å². The number of benzene rings is 2. The highest BCUT2D eigenvalue weighted by atomic mass is 32.2. The number of nitrogens with zero attached hydrogens (tertiary/aromatic N) is 3. The summed E-state index contributed by atoms with van der Waals surface area (Å²) >= 11 is 2.20. The molecular formula is C20H19N5O5S2.